The number of thiol groups is 1. The Morgan fingerprint density at radius 3 is 1.38 bits per heavy atom. The summed E-state index contributed by atoms with van der Waals surface area (Å²) in [4.78, 5) is 0. The Morgan fingerprint density at radius 2 is 0.962 bits per heavy atom. The summed E-state index contributed by atoms with van der Waals surface area (Å²) < 4.78 is 0. The van der Waals surface area contributed by atoms with Crippen LogP contribution in [0.15, 0.2) is 30.3 Å². The topological polar surface area (TPSA) is 0 Å². The van der Waals surface area contributed by atoms with E-state index in [0.29, 0.717) is 5.25 Å². The lowest BCUT2D eigenvalue weighted by Gasteiger charge is -2.10. The molecule has 1 atom stereocenters. The quantitative estimate of drug-likeness (QED) is 0.191. The molecule has 1 heteroatoms. The fourth-order valence-electron chi connectivity index (χ4n) is 3.73. The van der Waals surface area contributed by atoms with Crippen molar-refractivity contribution in [2.24, 2.45) is 0 Å². The molecule has 0 saturated heterocycles. The maximum absolute atomic E-state index is 4.75. The van der Waals surface area contributed by atoms with Gasteiger partial charge >= 0.3 is 0 Å². The highest BCUT2D eigenvalue weighted by Crippen LogP contribution is 2.26. The van der Waals surface area contributed by atoms with Crippen molar-refractivity contribution in [3.63, 3.8) is 0 Å². The minimum Gasteiger partial charge on any atom is -0.171 e. The van der Waals surface area contributed by atoms with Gasteiger partial charge in [-0.1, -0.05) is 140 Å². The molecule has 1 aromatic carbocycles. The van der Waals surface area contributed by atoms with Gasteiger partial charge in [-0.2, -0.15) is 12.6 Å². The Bertz CT molecular complexity index is 386. The summed E-state index contributed by atoms with van der Waals surface area (Å²) in [5, 5.41) is 0.419. The molecule has 1 rings (SSSR count). The Hall–Kier alpha value is -0.430. The summed E-state index contributed by atoms with van der Waals surface area (Å²) in [5.41, 5.74) is 1.37. The first-order valence-electron chi connectivity index (χ1n) is 11.6. The molecule has 150 valence electrons. The minimum absolute atomic E-state index is 0.419. The fraction of sp³-hybridized carbons (Fsp3) is 0.760. The van der Waals surface area contributed by atoms with Crippen molar-refractivity contribution in [1.29, 1.82) is 0 Å². The molecule has 0 bridgehead atoms. The van der Waals surface area contributed by atoms with E-state index in [-0.39, 0.29) is 0 Å². The van der Waals surface area contributed by atoms with Crippen LogP contribution in [-0.2, 0) is 0 Å². The number of benzene rings is 1. The maximum atomic E-state index is 4.75. The molecule has 0 radical (unpaired) electrons. The molecule has 0 nitrogen and oxygen atoms in total. The maximum Gasteiger partial charge on any atom is 0.0267 e. The van der Waals surface area contributed by atoms with Crippen LogP contribution in [0.2, 0.25) is 0 Å². The van der Waals surface area contributed by atoms with Crippen molar-refractivity contribution < 1.29 is 0 Å². The second-order valence-electron chi connectivity index (χ2n) is 8.02. The summed E-state index contributed by atoms with van der Waals surface area (Å²) in [7, 11) is 0. The van der Waals surface area contributed by atoms with Crippen LogP contribution in [0, 0.1) is 0 Å². The SMILES string of the molecule is CCCCCCCCCCCCCCCCCCC(S)c1ccccc1. The zero-order valence-electron chi connectivity index (χ0n) is 17.4. The zero-order chi connectivity index (χ0) is 18.7. The van der Waals surface area contributed by atoms with Gasteiger partial charge in [-0.15, -0.1) is 0 Å². The normalized spacial score (nSPS) is 12.4. The number of rotatable bonds is 18. The first-order valence-corrected chi connectivity index (χ1v) is 12.1. The molecule has 1 unspecified atom stereocenters. The van der Waals surface area contributed by atoms with Crippen LogP contribution in [0.1, 0.15) is 127 Å². The molecule has 26 heavy (non-hydrogen) atoms. The molecule has 0 aliphatic rings. The lowest BCUT2D eigenvalue weighted by atomic mass is 10.0. The van der Waals surface area contributed by atoms with E-state index in [4.69, 9.17) is 12.6 Å². The van der Waals surface area contributed by atoms with Gasteiger partial charge in [0.15, 0.2) is 0 Å². The van der Waals surface area contributed by atoms with Crippen LogP contribution in [0.5, 0.6) is 0 Å². The first-order chi connectivity index (χ1) is 12.8. The Morgan fingerprint density at radius 1 is 0.577 bits per heavy atom. The minimum atomic E-state index is 0.419. The molecule has 0 aromatic heterocycles. The Labute approximate surface area is 170 Å². The van der Waals surface area contributed by atoms with Crippen LogP contribution in [0.3, 0.4) is 0 Å². The van der Waals surface area contributed by atoms with Crippen molar-refractivity contribution in [3.05, 3.63) is 35.9 Å². The van der Waals surface area contributed by atoms with Gasteiger partial charge in [-0.05, 0) is 12.0 Å². The van der Waals surface area contributed by atoms with Gasteiger partial charge in [0.1, 0.15) is 0 Å². The highest BCUT2D eigenvalue weighted by molar-refractivity contribution is 7.80. The van der Waals surface area contributed by atoms with Crippen LogP contribution in [0.25, 0.3) is 0 Å². The average Bonchev–Trinajstić information content (AvgIpc) is 2.68. The van der Waals surface area contributed by atoms with E-state index in [1.165, 1.54) is 115 Å². The van der Waals surface area contributed by atoms with Crippen LogP contribution in [-0.4, -0.2) is 0 Å². The molecule has 0 heterocycles. The summed E-state index contributed by atoms with van der Waals surface area (Å²) in [6.45, 7) is 2.30. The van der Waals surface area contributed by atoms with Gasteiger partial charge < -0.3 is 0 Å². The fourth-order valence-corrected chi connectivity index (χ4v) is 4.08. The molecule has 1 aromatic rings. The highest BCUT2D eigenvalue weighted by Gasteiger charge is 2.04. The molecule has 0 saturated carbocycles. The van der Waals surface area contributed by atoms with E-state index in [1.807, 2.05) is 0 Å². The van der Waals surface area contributed by atoms with Crippen molar-refractivity contribution in [2.75, 3.05) is 0 Å². The third kappa shape index (κ3) is 13.7. The third-order valence-electron chi connectivity index (χ3n) is 5.52. The monoisotopic (exact) mass is 376 g/mol. The summed E-state index contributed by atoms with van der Waals surface area (Å²) >= 11 is 4.75. The third-order valence-corrected chi connectivity index (χ3v) is 6.07. The van der Waals surface area contributed by atoms with Crippen LogP contribution >= 0.6 is 12.6 Å². The number of unbranched alkanes of at least 4 members (excludes halogenated alkanes) is 15. The molecule has 0 N–H and O–H groups in total. The largest absolute Gasteiger partial charge is 0.171 e. The summed E-state index contributed by atoms with van der Waals surface area (Å²) in [6.07, 6.45) is 24.2. The molecule has 0 aliphatic heterocycles. The zero-order valence-corrected chi connectivity index (χ0v) is 18.3. The van der Waals surface area contributed by atoms with Crippen LogP contribution in [0.4, 0.5) is 0 Å². The lowest BCUT2D eigenvalue weighted by molar-refractivity contribution is 0.527. The molecular formula is C25H44S. The summed E-state index contributed by atoms with van der Waals surface area (Å²) in [6, 6.07) is 10.7. The van der Waals surface area contributed by atoms with Gasteiger partial charge in [0.05, 0.1) is 0 Å². The first kappa shape index (κ1) is 23.6. The number of hydrogen-bond donors (Lipinski definition) is 1. The smallest absolute Gasteiger partial charge is 0.0267 e. The van der Waals surface area contributed by atoms with Crippen molar-refractivity contribution in [2.45, 2.75) is 121 Å². The van der Waals surface area contributed by atoms with E-state index >= 15 is 0 Å². The molecular weight excluding hydrogens is 332 g/mol. The Kier molecular flexibility index (Phi) is 16.3. The predicted octanol–water partition coefficient (Wildman–Crippen LogP) is 9.31. The molecule has 0 fully saturated rings. The van der Waals surface area contributed by atoms with Gasteiger partial charge in [-0.25, -0.2) is 0 Å². The molecule has 0 amide bonds. The van der Waals surface area contributed by atoms with Crippen molar-refractivity contribution in [1.82, 2.24) is 0 Å². The van der Waals surface area contributed by atoms with Crippen molar-refractivity contribution >= 4 is 12.6 Å². The van der Waals surface area contributed by atoms with E-state index < -0.39 is 0 Å². The second-order valence-corrected chi connectivity index (χ2v) is 8.64. The summed E-state index contributed by atoms with van der Waals surface area (Å²) in [5.74, 6) is 0. The van der Waals surface area contributed by atoms with E-state index in [2.05, 4.69) is 37.3 Å². The molecule has 0 aliphatic carbocycles. The predicted molar refractivity (Wildman–Crippen MR) is 122 cm³/mol. The van der Waals surface area contributed by atoms with Gasteiger partial charge in [-0.3, -0.25) is 0 Å². The Balaban J connectivity index is 1.76. The van der Waals surface area contributed by atoms with Gasteiger partial charge in [0.2, 0.25) is 0 Å². The lowest BCUT2D eigenvalue weighted by Crippen LogP contribution is -1.90. The highest BCUT2D eigenvalue weighted by atomic mass is 32.1. The number of hydrogen-bond acceptors (Lipinski definition) is 1. The van der Waals surface area contributed by atoms with E-state index in [9.17, 15) is 0 Å². The second kappa shape index (κ2) is 18.0. The standard InChI is InChI=1S/C25H44S/c1-2-3-4-5-6-7-8-9-10-11-12-13-14-15-16-20-23-25(26)24-21-18-17-19-22-24/h17-19,21-22,25-26H,2-16,20,23H2,1H3. The molecule has 0 spiro atoms. The van der Waals surface area contributed by atoms with Gasteiger partial charge in [0.25, 0.3) is 0 Å². The van der Waals surface area contributed by atoms with Gasteiger partial charge in [0, 0.05) is 5.25 Å². The van der Waals surface area contributed by atoms with Crippen LogP contribution < -0.4 is 0 Å². The van der Waals surface area contributed by atoms with E-state index in [0.717, 1.165) is 0 Å². The van der Waals surface area contributed by atoms with E-state index in [1.54, 1.807) is 0 Å². The van der Waals surface area contributed by atoms with Crippen molar-refractivity contribution in [3.8, 4) is 0 Å². The average molecular weight is 377 g/mol.